The molecule has 0 aromatic rings. The van der Waals surface area contributed by atoms with E-state index in [1.54, 1.807) is 7.11 Å². The third-order valence-corrected chi connectivity index (χ3v) is 8.93. The van der Waals surface area contributed by atoms with Gasteiger partial charge < -0.3 is 49.9 Å². The molecule has 0 aromatic heterocycles. The molecule has 0 aromatic carbocycles. The van der Waals surface area contributed by atoms with E-state index in [2.05, 4.69) is 20.8 Å². The summed E-state index contributed by atoms with van der Waals surface area (Å²) >= 11 is 0. The van der Waals surface area contributed by atoms with E-state index in [0.29, 0.717) is 44.2 Å². The summed E-state index contributed by atoms with van der Waals surface area (Å²) < 4.78 is 20.0. The fourth-order valence-corrected chi connectivity index (χ4v) is 5.62. The first-order valence-electron chi connectivity index (χ1n) is 21.5. The lowest BCUT2D eigenvalue weighted by atomic mass is 10.0. The van der Waals surface area contributed by atoms with Gasteiger partial charge in [-0.3, -0.25) is 28.8 Å². The summed E-state index contributed by atoms with van der Waals surface area (Å²) in [5.74, 6) is -4.43. The van der Waals surface area contributed by atoms with Crippen LogP contribution in [0, 0.1) is 0 Å². The first-order chi connectivity index (χ1) is 28.9. The van der Waals surface area contributed by atoms with Gasteiger partial charge in [0.25, 0.3) is 11.8 Å². The fraction of sp³-hybridized carbons (Fsp3) is 0.805. The van der Waals surface area contributed by atoms with E-state index in [9.17, 15) is 43.5 Å². The molecule has 5 amide bonds. The van der Waals surface area contributed by atoms with Crippen molar-refractivity contribution < 1.29 is 72.4 Å². The van der Waals surface area contributed by atoms with Gasteiger partial charge in [0.05, 0.1) is 33.0 Å². The van der Waals surface area contributed by atoms with Crippen molar-refractivity contribution in [3.8, 4) is 0 Å². The molecule has 1 atom stereocenters. The zero-order valence-electron chi connectivity index (χ0n) is 35.9. The Hall–Kier alpha value is -4.20. The topological polar surface area (TPSA) is 262 Å². The van der Waals surface area contributed by atoms with Crippen molar-refractivity contribution in [2.24, 2.45) is 0 Å². The second-order valence-corrected chi connectivity index (χ2v) is 14.3. The van der Waals surface area contributed by atoms with E-state index in [-0.39, 0.29) is 69.8 Å². The van der Waals surface area contributed by atoms with Crippen LogP contribution in [0.2, 0.25) is 0 Å². The molecule has 0 spiro atoms. The van der Waals surface area contributed by atoms with Gasteiger partial charge in [-0.05, 0) is 25.7 Å². The largest absolute Gasteiger partial charge is 0.481 e. The molecule has 1 aliphatic rings. The number of carbonyl (C=O) groups is 8. The van der Waals surface area contributed by atoms with Crippen molar-refractivity contribution in [3.63, 3.8) is 0 Å². The Morgan fingerprint density at radius 1 is 0.600 bits per heavy atom. The lowest BCUT2D eigenvalue weighted by molar-refractivity contribution is -0.200. The summed E-state index contributed by atoms with van der Waals surface area (Å²) in [7, 11) is 1.54. The summed E-state index contributed by atoms with van der Waals surface area (Å²) in [6.07, 6.45) is 17.3. The van der Waals surface area contributed by atoms with Crippen molar-refractivity contribution in [1.82, 2.24) is 21.0 Å². The predicted molar refractivity (Wildman–Crippen MR) is 218 cm³/mol. The van der Waals surface area contributed by atoms with E-state index in [1.165, 1.54) is 44.9 Å². The molecule has 0 radical (unpaired) electrons. The highest BCUT2D eigenvalue weighted by atomic mass is 16.7. The van der Waals surface area contributed by atoms with Crippen LogP contribution in [0.15, 0.2) is 0 Å². The molecule has 1 aliphatic heterocycles. The lowest BCUT2D eigenvalue weighted by Crippen LogP contribution is -2.41. The molecule has 19 heteroatoms. The Labute approximate surface area is 354 Å². The van der Waals surface area contributed by atoms with Crippen molar-refractivity contribution in [2.45, 2.75) is 148 Å². The van der Waals surface area contributed by atoms with Crippen molar-refractivity contribution in [2.75, 3.05) is 66.4 Å². The summed E-state index contributed by atoms with van der Waals surface area (Å²) in [5.41, 5.74) is 0. The normalized spacial score (nSPS) is 12.7. The Morgan fingerprint density at radius 3 is 1.63 bits per heavy atom. The number of imide groups is 1. The smallest absolute Gasteiger partial charge is 0.358 e. The van der Waals surface area contributed by atoms with Gasteiger partial charge in [0.1, 0.15) is 19.3 Å². The van der Waals surface area contributed by atoms with Gasteiger partial charge in [0.15, 0.2) is 0 Å². The Bertz CT molecular complexity index is 1220. The summed E-state index contributed by atoms with van der Waals surface area (Å²) in [6, 6.07) is -1.02. The minimum absolute atomic E-state index is 0.0383. The average molecular weight is 861 g/mol. The predicted octanol–water partition coefficient (Wildman–Crippen LogP) is 3.59. The molecule has 0 aliphatic carbocycles. The maximum Gasteiger partial charge on any atom is 0.358 e. The van der Waals surface area contributed by atoms with E-state index in [1.807, 2.05) is 6.92 Å². The lowest BCUT2D eigenvalue weighted by Gasteiger charge is -2.14. The number of carboxylic acid groups (broad SMARTS) is 2. The number of carboxylic acids is 2. The van der Waals surface area contributed by atoms with Crippen LogP contribution < -0.4 is 16.0 Å². The molecular formula is C41H72N4O15. The zero-order chi connectivity index (χ0) is 44.6. The number of carbonyl (C=O) groups excluding carboxylic acids is 6. The number of rotatable bonds is 38. The minimum Gasteiger partial charge on any atom is -0.481 e. The fourth-order valence-electron chi connectivity index (χ4n) is 5.62. The molecule has 0 saturated carbocycles. The monoisotopic (exact) mass is 860 g/mol. The van der Waals surface area contributed by atoms with Gasteiger partial charge in [-0.25, -0.2) is 9.59 Å². The van der Waals surface area contributed by atoms with Gasteiger partial charge >= 0.3 is 17.9 Å². The molecule has 1 heterocycles. The Morgan fingerprint density at radius 2 is 1.10 bits per heavy atom. The number of ether oxygens (including phenoxy) is 4. The SMILES string of the molecule is CCCNC(=O)CC[C@H](NC(=O)CCCCCCCCCCCCCCCCC(=O)O)C(=O)O.COCCOCC(=O)NCCOCCOCC(=O)ON1C(=O)CCC1=O. The van der Waals surface area contributed by atoms with Gasteiger partial charge in [-0.15, -0.1) is 5.06 Å². The molecule has 1 fully saturated rings. The number of nitrogens with one attached hydrogen (secondary N) is 3. The second kappa shape index (κ2) is 39.0. The Kier molecular flexibility index (Phi) is 36.2. The molecule has 0 bridgehead atoms. The molecule has 1 rings (SSSR count). The molecule has 1 saturated heterocycles. The van der Waals surface area contributed by atoms with Crippen molar-refractivity contribution >= 4 is 47.4 Å². The van der Waals surface area contributed by atoms with E-state index in [0.717, 1.165) is 51.4 Å². The molecular weight excluding hydrogens is 788 g/mol. The number of hydrogen-bond acceptors (Lipinski definition) is 13. The van der Waals surface area contributed by atoms with Crippen LogP contribution in [0.1, 0.15) is 142 Å². The van der Waals surface area contributed by atoms with Crippen LogP contribution in [0.5, 0.6) is 0 Å². The first kappa shape index (κ1) is 55.8. The van der Waals surface area contributed by atoms with Crippen LogP contribution in [-0.2, 0) is 62.1 Å². The quantitative estimate of drug-likeness (QED) is 0.0439. The van der Waals surface area contributed by atoms with Crippen molar-refractivity contribution in [1.29, 1.82) is 0 Å². The standard InChI is InChI=1S/C26H48N2O6.C15H24N2O9/c1-2-21-27-23(29)20-19-22(26(33)34)28-24(30)17-15-13-11-9-7-5-3-4-6-8-10-12-14-16-18-25(31)32;1-22-6-7-24-10-12(18)16-4-5-23-8-9-25-11-15(21)26-17-13(19)2-3-14(17)20/h22H,2-21H2,1H3,(H,27,29)(H,28,30)(H,31,32)(H,33,34);2-11H2,1H3,(H,16,18)/t22-;/m0./s1. The van der Waals surface area contributed by atoms with Crippen molar-refractivity contribution in [3.05, 3.63) is 0 Å². The highest BCUT2D eigenvalue weighted by Gasteiger charge is 2.32. The Balaban J connectivity index is 0.00000120. The van der Waals surface area contributed by atoms with Crippen LogP contribution >= 0.6 is 0 Å². The molecule has 346 valence electrons. The zero-order valence-corrected chi connectivity index (χ0v) is 35.9. The number of hydrogen-bond donors (Lipinski definition) is 5. The minimum atomic E-state index is -1.10. The number of hydroxylamine groups is 2. The third kappa shape index (κ3) is 34.6. The van der Waals surface area contributed by atoms with E-state index >= 15 is 0 Å². The highest BCUT2D eigenvalue weighted by molar-refractivity contribution is 6.01. The van der Waals surface area contributed by atoms with Gasteiger partial charge in [-0.1, -0.05) is 84.0 Å². The number of amides is 5. The van der Waals surface area contributed by atoms with Gasteiger partial charge in [0, 0.05) is 52.3 Å². The van der Waals surface area contributed by atoms with Crippen LogP contribution in [0.25, 0.3) is 0 Å². The third-order valence-electron chi connectivity index (χ3n) is 8.93. The van der Waals surface area contributed by atoms with Crippen LogP contribution in [-0.4, -0.2) is 135 Å². The molecule has 0 unspecified atom stereocenters. The maximum atomic E-state index is 12.0. The molecule has 19 nitrogen and oxygen atoms in total. The summed E-state index contributed by atoms with van der Waals surface area (Å²) in [6.45, 7) is 3.74. The van der Waals surface area contributed by atoms with E-state index in [4.69, 9.17) is 24.1 Å². The first-order valence-corrected chi connectivity index (χ1v) is 21.5. The number of aliphatic carboxylic acids is 2. The summed E-state index contributed by atoms with van der Waals surface area (Å²) in [5, 5.41) is 26.2. The summed E-state index contributed by atoms with van der Waals surface area (Å²) in [4.78, 5) is 95.3. The average Bonchev–Trinajstić information content (AvgIpc) is 3.53. The molecule has 60 heavy (non-hydrogen) atoms. The van der Waals surface area contributed by atoms with Gasteiger partial charge in [0.2, 0.25) is 17.7 Å². The van der Waals surface area contributed by atoms with Gasteiger partial charge in [-0.2, -0.15) is 0 Å². The van der Waals surface area contributed by atoms with Crippen LogP contribution in [0.3, 0.4) is 0 Å². The number of nitrogens with zero attached hydrogens (tertiary/aromatic N) is 1. The maximum absolute atomic E-state index is 12.0. The molecule has 5 N–H and O–H groups in total. The highest BCUT2D eigenvalue weighted by Crippen LogP contribution is 2.14. The number of unbranched alkanes of at least 4 members (excludes halogenated alkanes) is 13. The van der Waals surface area contributed by atoms with Crippen LogP contribution in [0.4, 0.5) is 0 Å². The second-order valence-electron chi connectivity index (χ2n) is 14.3. The van der Waals surface area contributed by atoms with E-state index < -0.39 is 42.4 Å². The number of methoxy groups -OCH3 is 1.